The van der Waals surface area contributed by atoms with E-state index in [4.69, 9.17) is 0 Å². The first-order chi connectivity index (χ1) is 8.65. The fourth-order valence-corrected chi connectivity index (χ4v) is 2.03. The fraction of sp³-hybridized carbons (Fsp3) is 0.462. The molecule has 2 unspecified atom stereocenters. The first-order valence-electron chi connectivity index (χ1n) is 6.19. The van der Waals surface area contributed by atoms with Crippen LogP contribution in [0.5, 0.6) is 0 Å². The Balaban J connectivity index is 1.77. The quantitative estimate of drug-likeness (QED) is 0.751. The van der Waals surface area contributed by atoms with Crippen molar-refractivity contribution < 1.29 is 9.18 Å². The zero-order valence-corrected chi connectivity index (χ0v) is 10.4. The lowest BCUT2D eigenvalue weighted by Gasteiger charge is -2.12. The second kappa shape index (κ2) is 5.93. The molecule has 1 fully saturated rings. The molecule has 1 aliphatic rings. The summed E-state index contributed by atoms with van der Waals surface area (Å²) in [5.41, 5.74) is 6.61. The highest BCUT2D eigenvalue weighted by Crippen LogP contribution is 2.09. The first-order valence-corrected chi connectivity index (χ1v) is 6.19. The van der Waals surface area contributed by atoms with E-state index in [0.29, 0.717) is 24.4 Å². The SMILES string of the molecule is CC1CC(NC(=O)CCc2ccccc2F)NN1. The van der Waals surface area contributed by atoms with Gasteiger partial charge in [-0.15, -0.1) is 0 Å². The van der Waals surface area contributed by atoms with Crippen LogP contribution in [0.15, 0.2) is 24.3 Å². The number of hydrogen-bond acceptors (Lipinski definition) is 3. The third-order valence-corrected chi connectivity index (χ3v) is 3.01. The van der Waals surface area contributed by atoms with E-state index in [2.05, 4.69) is 16.2 Å². The van der Waals surface area contributed by atoms with Gasteiger partial charge in [0.05, 0.1) is 6.17 Å². The molecule has 98 valence electrons. The zero-order valence-electron chi connectivity index (χ0n) is 10.4. The number of rotatable bonds is 4. The maximum Gasteiger partial charge on any atom is 0.221 e. The number of nitrogens with one attached hydrogen (secondary N) is 3. The van der Waals surface area contributed by atoms with Crippen molar-refractivity contribution >= 4 is 5.91 Å². The monoisotopic (exact) mass is 251 g/mol. The Morgan fingerprint density at radius 3 is 2.89 bits per heavy atom. The van der Waals surface area contributed by atoms with E-state index < -0.39 is 0 Å². The Morgan fingerprint density at radius 2 is 2.22 bits per heavy atom. The van der Waals surface area contributed by atoms with Gasteiger partial charge in [-0.05, 0) is 31.4 Å². The van der Waals surface area contributed by atoms with E-state index in [1.165, 1.54) is 6.07 Å². The fourth-order valence-electron chi connectivity index (χ4n) is 2.03. The van der Waals surface area contributed by atoms with Crippen LogP contribution in [-0.4, -0.2) is 18.1 Å². The number of halogens is 1. The largest absolute Gasteiger partial charge is 0.339 e. The average molecular weight is 251 g/mol. The molecule has 0 bridgehead atoms. The molecule has 1 aromatic carbocycles. The maximum atomic E-state index is 13.3. The van der Waals surface area contributed by atoms with Crippen LogP contribution in [0.25, 0.3) is 0 Å². The highest BCUT2D eigenvalue weighted by Gasteiger charge is 2.21. The van der Waals surface area contributed by atoms with E-state index >= 15 is 0 Å². The highest BCUT2D eigenvalue weighted by molar-refractivity contribution is 5.76. The van der Waals surface area contributed by atoms with Gasteiger partial charge in [-0.25, -0.2) is 9.82 Å². The lowest BCUT2D eigenvalue weighted by Crippen LogP contribution is -2.44. The average Bonchev–Trinajstić information content (AvgIpc) is 2.74. The van der Waals surface area contributed by atoms with Crippen molar-refractivity contribution in [2.75, 3.05) is 0 Å². The number of benzene rings is 1. The number of hydrazine groups is 1. The molecule has 2 rings (SSSR count). The molecule has 1 amide bonds. The van der Waals surface area contributed by atoms with Gasteiger partial charge in [-0.1, -0.05) is 18.2 Å². The van der Waals surface area contributed by atoms with Crippen LogP contribution in [0.1, 0.15) is 25.3 Å². The Kier molecular flexibility index (Phi) is 4.28. The predicted octanol–water partition coefficient (Wildman–Crippen LogP) is 1.09. The molecule has 5 heteroatoms. The standard InChI is InChI=1S/C13H18FN3O/c1-9-8-12(17-16-9)15-13(18)7-6-10-4-2-3-5-11(10)14/h2-5,9,12,16-17H,6-8H2,1H3,(H,15,18). The minimum atomic E-state index is -0.250. The van der Waals surface area contributed by atoms with Crippen molar-refractivity contribution in [3.05, 3.63) is 35.6 Å². The summed E-state index contributed by atoms with van der Waals surface area (Å²) in [6, 6.07) is 6.90. The normalized spacial score (nSPS) is 23.0. The van der Waals surface area contributed by atoms with E-state index in [1.54, 1.807) is 18.2 Å². The van der Waals surface area contributed by atoms with Gasteiger partial charge in [-0.2, -0.15) is 0 Å². The second-order valence-corrected chi connectivity index (χ2v) is 4.64. The van der Waals surface area contributed by atoms with Crippen LogP contribution in [0.3, 0.4) is 0 Å². The maximum absolute atomic E-state index is 13.3. The molecule has 0 radical (unpaired) electrons. The van der Waals surface area contributed by atoms with Crippen molar-refractivity contribution in [1.82, 2.24) is 16.2 Å². The van der Waals surface area contributed by atoms with Crippen LogP contribution >= 0.6 is 0 Å². The third-order valence-electron chi connectivity index (χ3n) is 3.01. The third kappa shape index (κ3) is 3.51. The van der Waals surface area contributed by atoms with Crippen molar-refractivity contribution in [1.29, 1.82) is 0 Å². The predicted molar refractivity (Wildman–Crippen MR) is 67.0 cm³/mol. The minimum absolute atomic E-state index is 0.0341. The van der Waals surface area contributed by atoms with Gasteiger partial charge in [-0.3, -0.25) is 10.2 Å². The van der Waals surface area contributed by atoms with Gasteiger partial charge >= 0.3 is 0 Å². The lowest BCUT2D eigenvalue weighted by molar-refractivity contribution is -0.121. The first kappa shape index (κ1) is 13.0. The Morgan fingerprint density at radius 1 is 1.44 bits per heavy atom. The zero-order chi connectivity index (χ0) is 13.0. The summed E-state index contributed by atoms with van der Waals surface area (Å²) >= 11 is 0. The smallest absolute Gasteiger partial charge is 0.221 e. The highest BCUT2D eigenvalue weighted by atomic mass is 19.1. The summed E-state index contributed by atoms with van der Waals surface area (Å²) in [6.45, 7) is 2.04. The molecule has 2 atom stereocenters. The number of carbonyl (C=O) groups excluding carboxylic acids is 1. The van der Waals surface area contributed by atoms with Crippen LogP contribution in [-0.2, 0) is 11.2 Å². The lowest BCUT2D eigenvalue weighted by atomic mass is 10.1. The molecule has 1 aliphatic heterocycles. The van der Waals surface area contributed by atoms with Gasteiger partial charge in [0, 0.05) is 12.5 Å². The molecule has 1 saturated heterocycles. The van der Waals surface area contributed by atoms with Crippen LogP contribution in [0.2, 0.25) is 0 Å². The van der Waals surface area contributed by atoms with Crippen LogP contribution < -0.4 is 16.2 Å². The van der Waals surface area contributed by atoms with Crippen LogP contribution in [0.4, 0.5) is 4.39 Å². The minimum Gasteiger partial charge on any atom is -0.339 e. The Labute approximate surface area is 106 Å². The molecule has 4 nitrogen and oxygen atoms in total. The number of carbonyl (C=O) groups is 1. The molecule has 1 aromatic rings. The molecule has 0 aromatic heterocycles. The summed E-state index contributed by atoms with van der Waals surface area (Å²) in [7, 11) is 0. The van der Waals surface area contributed by atoms with Crippen molar-refractivity contribution in [3.8, 4) is 0 Å². The van der Waals surface area contributed by atoms with Crippen molar-refractivity contribution in [3.63, 3.8) is 0 Å². The van der Waals surface area contributed by atoms with E-state index in [0.717, 1.165) is 6.42 Å². The summed E-state index contributed by atoms with van der Waals surface area (Å²) in [5, 5.41) is 2.86. The molecule has 1 heterocycles. The molecule has 0 saturated carbocycles. The van der Waals surface area contributed by atoms with Crippen LogP contribution in [0, 0.1) is 5.82 Å². The summed E-state index contributed by atoms with van der Waals surface area (Å²) < 4.78 is 13.3. The summed E-state index contributed by atoms with van der Waals surface area (Å²) in [6.07, 6.45) is 1.54. The van der Waals surface area contributed by atoms with Gasteiger partial charge in [0.2, 0.25) is 5.91 Å². The van der Waals surface area contributed by atoms with E-state index in [9.17, 15) is 9.18 Å². The number of aryl methyl sites for hydroxylation is 1. The number of amides is 1. The Bertz CT molecular complexity index is 424. The van der Waals surface area contributed by atoms with Gasteiger partial charge in [0.15, 0.2) is 0 Å². The summed E-state index contributed by atoms with van der Waals surface area (Å²) in [5.74, 6) is -0.314. The molecular formula is C13H18FN3O. The summed E-state index contributed by atoms with van der Waals surface area (Å²) in [4.78, 5) is 11.7. The Hall–Kier alpha value is -1.46. The van der Waals surface area contributed by atoms with Gasteiger partial charge in [0.25, 0.3) is 0 Å². The van der Waals surface area contributed by atoms with E-state index in [-0.39, 0.29) is 17.9 Å². The molecule has 0 spiro atoms. The number of hydrogen-bond donors (Lipinski definition) is 3. The van der Waals surface area contributed by atoms with Crippen molar-refractivity contribution in [2.24, 2.45) is 0 Å². The molecular weight excluding hydrogens is 233 g/mol. The van der Waals surface area contributed by atoms with E-state index in [1.807, 2.05) is 6.92 Å². The van der Waals surface area contributed by atoms with Crippen molar-refractivity contribution in [2.45, 2.75) is 38.4 Å². The second-order valence-electron chi connectivity index (χ2n) is 4.64. The molecule has 18 heavy (non-hydrogen) atoms. The topological polar surface area (TPSA) is 53.2 Å². The van der Waals surface area contributed by atoms with Gasteiger partial charge < -0.3 is 5.32 Å². The molecule has 0 aliphatic carbocycles. The molecule has 3 N–H and O–H groups in total. The van der Waals surface area contributed by atoms with Gasteiger partial charge in [0.1, 0.15) is 5.82 Å².